The first-order chi connectivity index (χ1) is 13.4. The van der Waals surface area contributed by atoms with Crippen molar-refractivity contribution >= 4 is 10.0 Å². The molecular formula is C20H26N2O5S. The maximum atomic E-state index is 12.9. The molecule has 152 valence electrons. The second kappa shape index (κ2) is 8.79. The molecule has 8 heteroatoms. The minimum absolute atomic E-state index is 0.0438. The lowest BCUT2D eigenvalue weighted by molar-refractivity contribution is 0.138. The van der Waals surface area contributed by atoms with E-state index in [0.29, 0.717) is 24.5 Å². The first kappa shape index (κ1) is 20.4. The molecule has 2 aromatic rings. The van der Waals surface area contributed by atoms with Gasteiger partial charge in [0, 0.05) is 24.4 Å². The zero-order chi connectivity index (χ0) is 20.1. The van der Waals surface area contributed by atoms with Gasteiger partial charge in [0.05, 0.1) is 14.2 Å². The van der Waals surface area contributed by atoms with Gasteiger partial charge in [0.25, 0.3) is 0 Å². The highest BCUT2D eigenvalue weighted by molar-refractivity contribution is 7.89. The first-order valence-corrected chi connectivity index (χ1v) is 10.7. The summed E-state index contributed by atoms with van der Waals surface area (Å²) in [5.74, 6) is 1.36. The van der Waals surface area contributed by atoms with E-state index in [0.717, 1.165) is 18.4 Å². The summed E-state index contributed by atoms with van der Waals surface area (Å²) >= 11 is 0. The highest BCUT2D eigenvalue weighted by Gasteiger charge is 2.28. The summed E-state index contributed by atoms with van der Waals surface area (Å²) in [5, 5.41) is 0. The molecule has 0 spiro atoms. The Balaban J connectivity index is 1.61. The average molecular weight is 407 g/mol. The Morgan fingerprint density at radius 1 is 1.04 bits per heavy atom. The van der Waals surface area contributed by atoms with E-state index >= 15 is 0 Å². The van der Waals surface area contributed by atoms with E-state index in [1.807, 2.05) is 19.1 Å². The fourth-order valence-corrected chi connectivity index (χ4v) is 4.76. The fraction of sp³-hybridized carbons (Fsp3) is 0.450. The van der Waals surface area contributed by atoms with Crippen LogP contribution in [-0.4, -0.2) is 39.8 Å². The van der Waals surface area contributed by atoms with E-state index < -0.39 is 10.0 Å². The van der Waals surface area contributed by atoms with E-state index in [1.165, 1.54) is 20.3 Å². The minimum atomic E-state index is -3.72. The number of hydrogen-bond donors (Lipinski definition) is 1. The number of benzene rings is 1. The van der Waals surface area contributed by atoms with E-state index in [1.54, 1.807) is 18.3 Å². The summed E-state index contributed by atoms with van der Waals surface area (Å²) in [5.41, 5.74) is 1.08. The molecule has 1 saturated carbocycles. The summed E-state index contributed by atoms with van der Waals surface area (Å²) < 4.78 is 44.8. The second-order valence-electron chi connectivity index (χ2n) is 6.90. The molecule has 1 aromatic heterocycles. The molecule has 1 aliphatic carbocycles. The van der Waals surface area contributed by atoms with Gasteiger partial charge in [-0.1, -0.05) is 6.07 Å². The maximum Gasteiger partial charge on any atom is 0.244 e. The molecule has 0 aliphatic heterocycles. The van der Waals surface area contributed by atoms with Gasteiger partial charge in [-0.25, -0.2) is 18.1 Å². The number of nitrogens with one attached hydrogen (secondary N) is 1. The standard InChI is InChI=1S/C20H26N2O5S/c1-14-4-11-20(21-13-14)27-16-7-5-15(6-8-16)22-28(23,24)19-12-17(25-2)9-10-18(19)26-3/h4,9-13,15-16,22H,5-8H2,1-3H3. The molecule has 0 bridgehead atoms. The predicted molar refractivity (Wildman–Crippen MR) is 106 cm³/mol. The highest BCUT2D eigenvalue weighted by Crippen LogP contribution is 2.30. The summed E-state index contributed by atoms with van der Waals surface area (Å²) in [7, 11) is -0.782. The normalized spacial score (nSPS) is 19.8. The van der Waals surface area contributed by atoms with Crippen LogP contribution in [-0.2, 0) is 10.0 Å². The molecule has 0 atom stereocenters. The Morgan fingerprint density at radius 3 is 2.39 bits per heavy atom. The zero-order valence-corrected chi connectivity index (χ0v) is 17.2. The Morgan fingerprint density at radius 2 is 1.79 bits per heavy atom. The number of rotatable bonds is 7. The van der Waals surface area contributed by atoms with Crippen LogP contribution in [0.4, 0.5) is 0 Å². The van der Waals surface area contributed by atoms with Gasteiger partial charge >= 0.3 is 0 Å². The van der Waals surface area contributed by atoms with Gasteiger partial charge in [-0.05, 0) is 50.3 Å². The van der Waals surface area contributed by atoms with Crippen LogP contribution in [0, 0.1) is 6.92 Å². The van der Waals surface area contributed by atoms with Crippen LogP contribution in [0.5, 0.6) is 17.4 Å². The largest absolute Gasteiger partial charge is 0.497 e. The van der Waals surface area contributed by atoms with Crippen molar-refractivity contribution in [1.29, 1.82) is 0 Å². The Labute approximate surface area is 166 Å². The third-order valence-corrected chi connectivity index (χ3v) is 6.37. The molecule has 0 amide bonds. The van der Waals surface area contributed by atoms with Crippen molar-refractivity contribution in [2.45, 2.75) is 49.6 Å². The first-order valence-electron chi connectivity index (χ1n) is 9.25. The molecule has 28 heavy (non-hydrogen) atoms. The second-order valence-corrected chi connectivity index (χ2v) is 8.59. The van der Waals surface area contributed by atoms with Crippen LogP contribution in [0.1, 0.15) is 31.2 Å². The van der Waals surface area contributed by atoms with Gasteiger partial charge < -0.3 is 14.2 Å². The smallest absolute Gasteiger partial charge is 0.244 e. The molecule has 0 saturated heterocycles. The van der Waals surface area contributed by atoms with Crippen molar-refractivity contribution < 1.29 is 22.6 Å². The van der Waals surface area contributed by atoms with Gasteiger partial charge in [-0.2, -0.15) is 0 Å². The van der Waals surface area contributed by atoms with E-state index in [9.17, 15) is 8.42 Å². The lowest BCUT2D eigenvalue weighted by Crippen LogP contribution is -2.39. The van der Waals surface area contributed by atoms with Crippen molar-refractivity contribution in [2.24, 2.45) is 0 Å². The lowest BCUT2D eigenvalue weighted by Gasteiger charge is -2.29. The van der Waals surface area contributed by atoms with Crippen molar-refractivity contribution in [3.05, 3.63) is 42.1 Å². The number of aryl methyl sites for hydroxylation is 1. The fourth-order valence-electron chi connectivity index (χ4n) is 3.27. The van der Waals surface area contributed by atoms with Crippen LogP contribution in [0.25, 0.3) is 0 Å². The molecule has 3 rings (SSSR count). The van der Waals surface area contributed by atoms with Gasteiger partial charge in [0.2, 0.25) is 15.9 Å². The third-order valence-electron chi connectivity index (χ3n) is 4.83. The van der Waals surface area contributed by atoms with Gasteiger partial charge in [-0.15, -0.1) is 0 Å². The molecule has 1 aliphatic rings. The summed E-state index contributed by atoms with van der Waals surface area (Å²) in [6, 6.07) is 8.40. The maximum absolute atomic E-state index is 12.9. The monoisotopic (exact) mass is 406 g/mol. The summed E-state index contributed by atoms with van der Waals surface area (Å²) in [6.07, 6.45) is 4.73. The van der Waals surface area contributed by atoms with E-state index in [2.05, 4.69) is 9.71 Å². The number of ether oxygens (including phenoxy) is 3. The minimum Gasteiger partial charge on any atom is -0.497 e. The average Bonchev–Trinajstić information content (AvgIpc) is 2.70. The van der Waals surface area contributed by atoms with Crippen LogP contribution < -0.4 is 18.9 Å². The van der Waals surface area contributed by atoms with Gasteiger partial charge in [0.15, 0.2) is 0 Å². The van der Waals surface area contributed by atoms with Crippen molar-refractivity contribution in [2.75, 3.05) is 14.2 Å². The number of hydrogen-bond acceptors (Lipinski definition) is 6. The SMILES string of the molecule is COc1ccc(OC)c(S(=O)(=O)NC2CCC(Oc3ccc(C)cn3)CC2)c1. The lowest BCUT2D eigenvalue weighted by atomic mass is 9.94. The molecule has 1 N–H and O–H groups in total. The zero-order valence-electron chi connectivity index (χ0n) is 16.3. The quantitative estimate of drug-likeness (QED) is 0.760. The van der Waals surface area contributed by atoms with Crippen molar-refractivity contribution in [3.8, 4) is 17.4 Å². The van der Waals surface area contributed by atoms with Crippen LogP contribution in [0.15, 0.2) is 41.4 Å². The molecule has 7 nitrogen and oxygen atoms in total. The van der Waals surface area contributed by atoms with Crippen LogP contribution >= 0.6 is 0 Å². The Kier molecular flexibility index (Phi) is 6.41. The molecule has 1 heterocycles. The molecule has 1 fully saturated rings. The Hall–Kier alpha value is -2.32. The molecular weight excluding hydrogens is 380 g/mol. The van der Waals surface area contributed by atoms with E-state index in [-0.39, 0.29) is 22.8 Å². The molecule has 0 unspecified atom stereocenters. The highest BCUT2D eigenvalue weighted by atomic mass is 32.2. The Bertz CT molecular complexity index is 891. The topological polar surface area (TPSA) is 86.8 Å². The number of sulfonamides is 1. The summed E-state index contributed by atoms with van der Waals surface area (Å²) in [6.45, 7) is 1.98. The molecule has 0 radical (unpaired) electrons. The number of methoxy groups -OCH3 is 2. The van der Waals surface area contributed by atoms with E-state index in [4.69, 9.17) is 14.2 Å². The number of aromatic nitrogens is 1. The third kappa shape index (κ3) is 4.94. The number of pyridine rings is 1. The number of nitrogens with zero attached hydrogens (tertiary/aromatic N) is 1. The van der Waals surface area contributed by atoms with Gasteiger partial charge in [0.1, 0.15) is 22.5 Å². The predicted octanol–water partition coefficient (Wildman–Crippen LogP) is 3.08. The van der Waals surface area contributed by atoms with Crippen molar-refractivity contribution in [1.82, 2.24) is 9.71 Å². The molecule has 1 aromatic carbocycles. The van der Waals surface area contributed by atoms with Crippen molar-refractivity contribution in [3.63, 3.8) is 0 Å². The van der Waals surface area contributed by atoms with Gasteiger partial charge in [-0.3, -0.25) is 0 Å². The van der Waals surface area contributed by atoms with Crippen LogP contribution in [0.3, 0.4) is 0 Å². The summed E-state index contributed by atoms with van der Waals surface area (Å²) in [4.78, 5) is 4.35. The van der Waals surface area contributed by atoms with Crippen LogP contribution in [0.2, 0.25) is 0 Å².